The molecule has 3 atom stereocenters. The highest BCUT2D eigenvalue weighted by atomic mass is 16.6. The summed E-state index contributed by atoms with van der Waals surface area (Å²) in [6.45, 7) is -0.612. The van der Waals surface area contributed by atoms with Crippen molar-refractivity contribution >= 4 is 16.9 Å². The molecule has 2 aromatic heterocycles. The van der Waals surface area contributed by atoms with Gasteiger partial charge < -0.3 is 25.3 Å². The van der Waals surface area contributed by atoms with Gasteiger partial charge in [-0.1, -0.05) is 5.92 Å². The third-order valence-electron chi connectivity index (χ3n) is 3.84. The molecule has 8 heteroatoms. The maximum atomic E-state index is 10.0. The lowest BCUT2D eigenvalue weighted by molar-refractivity contribution is -0.0903. The number of ether oxygens (including phenoxy) is 1. The van der Waals surface area contributed by atoms with Crippen molar-refractivity contribution in [2.45, 2.75) is 24.4 Å². The maximum absolute atomic E-state index is 10.0. The Morgan fingerprint density at radius 1 is 1.59 bits per heavy atom. The number of aromatic nitrogens is 3. The van der Waals surface area contributed by atoms with Gasteiger partial charge in [0.05, 0.1) is 17.6 Å². The first-order valence-electron chi connectivity index (χ1n) is 6.52. The van der Waals surface area contributed by atoms with Gasteiger partial charge >= 0.3 is 0 Å². The molecule has 0 saturated carbocycles. The average Bonchev–Trinajstić information content (AvgIpc) is 3.06. The molecule has 4 N–H and O–H groups in total. The van der Waals surface area contributed by atoms with Gasteiger partial charge in [0.25, 0.3) is 0 Å². The van der Waals surface area contributed by atoms with Gasteiger partial charge in [0.2, 0.25) is 5.60 Å². The minimum absolute atomic E-state index is 0.117. The fraction of sp³-hybridized carbons (Fsp3) is 0.357. The number of hydrogen-bond donors (Lipinski definition) is 3. The molecule has 0 radical (unpaired) electrons. The van der Waals surface area contributed by atoms with Gasteiger partial charge in [0.1, 0.15) is 36.2 Å². The van der Waals surface area contributed by atoms with Crippen LogP contribution in [0.25, 0.3) is 11.0 Å². The van der Waals surface area contributed by atoms with Crippen molar-refractivity contribution in [3.05, 3.63) is 18.1 Å². The average molecular weight is 299 g/mol. The van der Waals surface area contributed by atoms with Crippen molar-refractivity contribution in [2.24, 2.45) is 0 Å². The van der Waals surface area contributed by atoms with Crippen LogP contribution in [0.4, 0.5) is 5.82 Å². The number of rotatable bonds is 2. The van der Waals surface area contributed by atoms with Crippen molar-refractivity contribution in [3.63, 3.8) is 0 Å². The minimum atomic E-state index is -1.66. The molecular formula is C14H13N5O3. The van der Waals surface area contributed by atoms with Crippen LogP contribution in [0.15, 0.2) is 12.5 Å². The Bertz CT molecular complexity index is 818. The molecule has 1 aliphatic rings. The lowest BCUT2D eigenvalue weighted by atomic mass is 10.00. The van der Waals surface area contributed by atoms with E-state index in [0.717, 1.165) is 0 Å². The van der Waals surface area contributed by atoms with Crippen molar-refractivity contribution in [3.8, 4) is 18.4 Å². The fourth-order valence-corrected chi connectivity index (χ4v) is 2.64. The van der Waals surface area contributed by atoms with E-state index in [1.807, 2.05) is 6.07 Å². The summed E-state index contributed by atoms with van der Waals surface area (Å²) in [5, 5.41) is 29.1. The van der Waals surface area contributed by atoms with Gasteiger partial charge in [0.15, 0.2) is 0 Å². The second kappa shape index (κ2) is 4.97. The van der Waals surface area contributed by atoms with E-state index in [4.69, 9.17) is 16.9 Å². The standard InChI is InChI=1S/C14H13N5O3/c1-2-8-4-19(13-11(8)12(16)17-7-18-13)10-3-9(21)14(5-15,6-20)22-10/h1,4,7,9-10,20-21H,3,6H2,(H2,16,17,18)/t9-,10+,14+/m0/s1. The molecule has 0 aliphatic carbocycles. The van der Waals surface area contributed by atoms with Crippen molar-refractivity contribution in [2.75, 3.05) is 12.3 Å². The quantitative estimate of drug-likeness (QED) is 0.639. The topological polar surface area (TPSA) is 130 Å². The van der Waals surface area contributed by atoms with Gasteiger partial charge in [-0.25, -0.2) is 9.97 Å². The Hall–Kier alpha value is -2.65. The summed E-state index contributed by atoms with van der Waals surface area (Å²) < 4.78 is 7.18. The third-order valence-corrected chi connectivity index (χ3v) is 3.84. The van der Waals surface area contributed by atoms with E-state index in [0.29, 0.717) is 16.6 Å². The molecular weight excluding hydrogens is 286 g/mol. The first kappa shape index (κ1) is 14.3. The smallest absolute Gasteiger partial charge is 0.205 e. The molecule has 1 fully saturated rings. The Morgan fingerprint density at radius 2 is 2.36 bits per heavy atom. The number of aliphatic hydroxyl groups is 2. The summed E-state index contributed by atoms with van der Waals surface area (Å²) in [5.41, 5.74) is 5.12. The number of fused-ring (bicyclic) bond motifs is 1. The van der Waals surface area contributed by atoms with E-state index in [2.05, 4.69) is 15.9 Å². The van der Waals surface area contributed by atoms with Gasteiger partial charge in [-0.05, 0) is 0 Å². The summed E-state index contributed by atoms with van der Waals surface area (Å²) in [4.78, 5) is 8.06. The van der Waals surface area contributed by atoms with Crippen LogP contribution in [0.1, 0.15) is 18.2 Å². The number of nitrogen functional groups attached to an aromatic ring is 1. The fourth-order valence-electron chi connectivity index (χ4n) is 2.64. The molecule has 0 spiro atoms. The summed E-state index contributed by atoms with van der Waals surface area (Å²) in [5.74, 6) is 2.74. The van der Waals surface area contributed by atoms with Crippen LogP contribution in [0.5, 0.6) is 0 Å². The van der Waals surface area contributed by atoms with E-state index in [-0.39, 0.29) is 12.2 Å². The van der Waals surface area contributed by atoms with E-state index in [9.17, 15) is 15.5 Å². The molecule has 1 saturated heterocycles. The molecule has 0 aromatic carbocycles. The number of nitrogens with zero attached hydrogens (tertiary/aromatic N) is 4. The second-order valence-corrected chi connectivity index (χ2v) is 5.04. The van der Waals surface area contributed by atoms with Crippen molar-refractivity contribution < 1.29 is 14.9 Å². The zero-order chi connectivity index (χ0) is 15.9. The molecule has 3 rings (SSSR count). The maximum Gasteiger partial charge on any atom is 0.205 e. The van der Waals surface area contributed by atoms with E-state index >= 15 is 0 Å². The van der Waals surface area contributed by atoms with E-state index in [1.54, 1.807) is 10.8 Å². The Labute approximate surface area is 125 Å². The number of nitriles is 1. The molecule has 0 unspecified atom stereocenters. The molecule has 2 aromatic rings. The molecule has 112 valence electrons. The summed E-state index contributed by atoms with van der Waals surface area (Å²) >= 11 is 0. The van der Waals surface area contributed by atoms with Crippen molar-refractivity contribution in [1.82, 2.24) is 14.5 Å². The molecule has 1 aliphatic heterocycles. The van der Waals surface area contributed by atoms with E-state index < -0.39 is 24.5 Å². The zero-order valence-electron chi connectivity index (χ0n) is 11.5. The lowest BCUT2D eigenvalue weighted by Gasteiger charge is -2.21. The molecule has 0 amide bonds. The van der Waals surface area contributed by atoms with Crippen LogP contribution in [0, 0.1) is 23.7 Å². The van der Waals surface area contributed by atoms with Crippen LogP contribution < -0.4 is 5.73 Å². The van der Waals surface area contributed by atoms with Crippen LogP contribution >= 0.6 is 0 Å². The van der Waals surface area contributed by atoms with Gasteiger partial charge in [0, 0.05) is 12.6 Å². The van der Waals surface area contributed by atoms with Gasteiger partial charge in [-0.2, -0.15) is 5.26 Å². The second-order valence-electron chi connectivity index (χ2n) is 5.04. The highest BCUT2D eigenvalue weighted by molar-refractivity contribution is 5.92. The molecule has 22 heavy (non-hydrogen) atoms. The minimum Gasteiger partial charge on any atom is -0.392 e. The number of terminal acetylenes is 1. The predicted molar refractivity (Wildman–Crippen MR) is 76.1 cm³/mol. The normalized spacial score (nSPS) is 27.6. The highest BCUT2D eigenvalue weighted by Gasteiger charge is 2.49. The highest BCUT2D eigenvalue weighted by Crippen LogP contribution is 2.38. The Kier molecular flexibility index (Phi) is 3.23. The number of anilines is 1. The van der Waals surface area contributed by atoms with Crippen LogP contribution in [-0.4, -0.2) is 43.1 Å². The van der Waals surface area contributed by atoms with Crippen LogP contribution in [0.2, 0.25) is 0 Å². The third kappa shape index (κ3) is 1.83. The van der Waals surface area contributed by atoms with Crippen LogP contribution in [0.3, 0.4) is 0 Å². The van der Waals surface area contributed by atoms with Crippen LogP contribution in [-0.2, 0) is 4.74 Å². The number of hydrogen-bond acceptors (Lipinski definition) is 7. The summed E-state index contributed by atoms with van der Waals surface area (Å²) in [6, 6.07) is 1.82. The largest absolute Gasteiger partial charge is 0.392 e. The van der Waals surface area contributed by atoms with E-state index in [1.165, 1.54) is 6.33 Å². The lowest BCUT2D eigenvalue weighted by Crippen LogP contribution is -2.41. The predicted octanol–water partition coefficient (Wildman–Crippen LogP) is -0.471. The number of nitrogens with two attached hydrogens (primary N) is 1. The molecule has 8 nitrogen and oxygen atoms in total. The Balaban J connectivity index is 2.12. The molecule has 0 bridgehead atoms. The Morgan fingerprint density at radius 3 is 2.95 bits per heavy atom. The van der Waals surface area contributed by atoms with Gasteiger partial charge in [-0.3, -0.25) is 0 Å². The summed E-state index contributed by atoms with van der Waals surface area (Å²) in [6.07, 6.45) is 6.67. The first-order valence-corrected chi connectivity index (χ1v) is 6.52. The number of aliphatic hydroxyl groups excluding tert-OH is 2. The SMILES string of the molecule is C#Cc1cn([C@H]2C[C@H](O)[C@@](C#N)(CO)O2)c2ncnc(N)c12. The van der Waals surface area contributed by atoms with Crippen molar-refractivity contribution in [1.29, 1.82) is 5.26 Å². The van der Waals surface area contributed by atoms with Gasteiger partial charge in [-0.15, -0.1) is 6.42 Å². The first-order chi connectivity index (χ1) is 10.6. The summed E-state index contributed by atoms with van der Waals surface area (Å²) in [7, 11) is 0. The zero-order valence-corrected chi connectivity index (χ0v) is 11.5. The molecule has 3 heterocycles. The monoisotopic (exact) mass is 299 g/mol.